The molecule has 21 heavy (non-hydrogen) atoms. The van der Waals surface area contributed by atoms with Crippen molar-refractivity contribution in [1.82, 2.24) is 19.8 Å². The summed E-state index contributed by atoms with van der Waals surface area (Å²) in [7, 11) is 3.88. The average molecular weight is 291 g/mol. The minimum absolute atomic E-state index is 0.0184. The summed E-state index contributed by atoms with van der Waals surface area (Å²) < 4.78 is 7.20. The molecule has 1 unspecified atom stereocenters. The van der Waals surface area contributed by atoms with Crippen molar-refractivity contribution in [2.24, 2.45) is 5.73 Å². The van der Waals surface area contributed by atoms with E-state index in [1.807, 2.05) is 31.1 Å². The van der Waals surface area contributed by atoms with E-state index < -0.39 is 0 Å². The van der Waals surface area contributed by atoms with Crippen LogP contribution in [0.25, 0.3) is 0 Å². The zero-order valence-corrected chi connectivity index (χ0v) is 12.3. The van der Waals surface area contributed by atoms with Crippen molar-refractivity contribution in [3.8, 4) is 0 Å². The van der Waals surface area contributed by atoms with Crippen LogP contribution >= 0.6 is 0 Å². The molecular formula is C14H21N5O2. The number of nitrogens with two attached hydrogens (primary N) is 1. The Labute approximate surface area is 123 Å². The van der Waals surface area contributed by atoms with Crippen molar-refractivity contribution < 1.29 is 9.21 Å². The topological polar surface area (TPSA) is 89.3 Å². The van der Waals surface area contributed by atoms with Gasteiger partial charge in [-0.3, -0.25) is 9.69 Å². The molecule has 1 amide bonds. The Balaban J connectivity index is 1.95. The number of carbonyl (C=O) groups is 1. The van der Waals surface area contributed by atoms with Gasteiger partial charge in [0.1, 0.15) is 11.5 Å². The van der Waals surface area contributed by atoms with Gasteiger partial charge in [-0.15, -0.1) is 0 Å². The maximum atomic E-state index is 12.1. The molecule has 7 heteroatoms. The molecule has 0 aliphatic carbocycles. The Hall–Kier alpha value is -2.12. The van der Waals surface area contributed by atoms with Gasteiger partial charge in [-0.05, 0) is 26.2 Å². The third-order valence-corrected chi connectivity index (χ3v) is 3.20. The molecule has 3 N–H and O–H groups in total. The zero-order chi connectivity index (χ0) is 15.2. The molecule has 0 bridgehead atoms. The second-order valence-corrected chi connectivity index (χ2v) is 4.99. The Morgan fingerprint density at radius 2 is 2.38 bits per heavy atom. The van der Waals surface area contributed by atoms with Crippen LogP contribution in [0.2, 0.25) is 0 Å². The van der Waals surface area contributed by atoms with E-state index in [-0.39, 0.29) is 11.9 Å². The van der Waals surface area contributed by atoms with Crippen molar-refractivity contribution in [3.05, 3.63) is 42.4 Å². The van der Waals surface area contributed by atoms with E-state index in [4.69, 9.17) is 10.2 Å². The summed E-state index contributed by atoms with van der Waals surface area (Å²) in [5, 5.41) is 2.88. The summed E-state index contributed by atoms with van der Waals surface area (Å²) in [5.74, 6) is 0.609. The number of amides is 1. The number of aromatic nitrogens is 2. The van der Waals surface area contributed by atoms with Crippen LogP contribution in [0.15, 0.2) is 35.3 Å². The fourth-order valence-electron chi connectivity index (χ4n) is 2.05. The largest absolute Gasteiger partial charge is 0.468 e. The minimum atomic E-state index is -0.204. The quantitative estimate of drug-likeness (QED) is 0.774. The summed E-state index contributed by atoms with van der Waals surface area (Å²) in [6, 6.07) is 3.71. The van der Waals surface area contributed by atoms with Gasteiger partial charge >= 0.3 is 0 Å². The third kappa shape index (κ3) is 3.93. The molecule has 2 aromatic rings. The predicted molar refractivity (Wildman–Crippen MR) is 78.8 cm³/mol. The smallest absolute Gasteiger partial charge is 0.271 e. The lowest BCUT2D eigenvalue weighted by molar-refractivity contribution is 0.0934. The summed E-state index contributed by atoms with van der Waals surface area (Å²) in [4.78, 5) is 18.2. The maximum absolute atomic E-state index is 12.1. The molecule has 0 radical (unpaired) electrons. The van der Waals surface area contributed by atoms with Crippen LogP contribution in [0.4, 0.5) is 0 Å². The third-order valence-electron chi connectivity index (χ3n) is 3.20. The Morgan fingerprint density at radius 3 is 3.00 bits per heavy atom. The van der Waals surface area contributed by atoms with Crippen LogP contribution in [0, 0.1) is 0 Å². The van der Waals surface area contributed by atoms with Gasteiger partial charge in [0.25, 0.3) is 5.91 Å². The number of likely N-dealkylation sites (N-methyl/N-ethyl adjacent to an activating group) is 1. The molecule has 2 rings (SSSR count). The lowest BCUT2D eigenvalue weighted by atomic mass is 10.2. The monoisotopic (exact) mass is 291 g/mol. The number of hydrogen-bond acceptors (Lipinski definition) is 5. The Morgan fingerprint density at radius 1 is 1.57 bits per heavy atom. The highest BCUT2D eigenvalue weighted by Gasteiger charge is 2.18. The van der Waals surface area contributed by atoms with E-state index in [0.717, 1.165) is 5.76 Å². The van der Waals surface area contributed by atoms with Crippen LogP contribution in [0.3, 0.4) is 0 Å². The lowest BCUT2D eigenvalue weighted by Gasteiger charge is -2.22. The van der Waals surface area contributed by atoms with Gasteiger partial charge in [0.05, 0.1) is 18.6 Å². The van der Waals surface area contributed by atoms with E-state index in [9.17, 15) is 4.79 Å². The Kier molecular flexibility index (Phi) is 5.13. The molecular weight excluding hydrogens is 270 g/mol. The average Bonchev–Trinajstić information content (AvgIpc) is 3.10. The SMILES string of the molecule is CN(C)C(CNC(=O)c1cn(CCN)cn1)c1ccco1. The van der Waals surface area contributed by atoms with Crippen molar-refractivity contribution in [1.29, 1.82) is 0 Å². The van der Waals surface area contributed by atoms with E-state index in [1.54, 1.807) is 23.4 Å². The lowest BCUT2D eigenvalue weighted by Crippen LogP contribution is -2.34. The summed E-state index contributed by atoms with van der Waals surface area (Å²) in [6.07, 6.45) is 4.93. The van der Waals surface area contributed by atoms with Gasteiger partial charge < -0.3 is 20.0 Å². The second-order valence-electron chi connectivity index (χ2n) is 4.99. The van der Waals surface area contributed by atoms with Gasteiger partial charge in [0.2, 0.25) is 0 Å². The number of rotatable bonds is 7. The van der Waals surface area contributed by atoms with Crippen LogP contribution in [-0.4, -0.2) is 47.5 Å². The molecule has 7 nitrogen and oxygen atoms in total. The molecule has 0 saturated heterocycles. The van der Waals surface area contributed by atoms with E-state index in [0.29, 0.717) is 25.3 Å². The second kappa shape index (κ2) is 7.05. The summed E-state index contributed by atoms with van der Waals surface area (Å²) in [5.41, 5.74) is 5.86. The molecule has 1 atom stereocenters. The van der Waals surface area contributed by atoms with Gasteiger partial charge in [0.15, 0.2) is 0 Å². The molecule has 0 spiro atoms. The summed E-state index contributed by atoms with van der Waals surface area (Å²) in [6.45, 7) is 1.61. The fraction of sp³-hybridized carbons (Fsp3) is 0.429. The van der Waals surface area contributed by atoms with Gasteiger partial charge in [-0.2, -0.15) is 0 Å². The number of imidazole rings is 1. The van der Waals surface area contributed by atoms with Crippen molar-refractivity contribution in [2.45, 2.75) is 12.6 Å². The number of furan rings is 1. The maximum Gasteiger partial charge on any atom is 0.271 e. The molecule has 0 aromatic carbocycles. The first-order valence-electron chi connectivity index (χ1n) is 6.81. The van der Waals surface area contributed by atoms with Gasteiger partial charge in [-0.1, -0.05) is 0 Å². The molecule has 114 valence electrons. The van der Waals surface area contributed by atoms with Gasteiger partial charge in [0, 0.05) is 25.8 Å². The normalized spacial score (nSPS) is 12.6. The van der Waals surface area contributed by atoms with E-state index in [1.165, 1.54) is 0 Å². The van der Waals surface area contributed by atoms with Gasteiger partial charge in [-0.25, -0.2) is 4.98 Å². The fourth-order valence-corrected chi connectivity index (χ4v) is 2.05. The van der Waals surface area contributed by atoms with Crippen molar-refractivity contribution in [3.63, 3.8) is 0 Å². The highest BCUT2D eigenvalue weighted by molar-refractivity contribution is 5.92. The number of nitrogens with one attached hydrogen (secondary N) is 1. The highest BCUT2D eigenvalue weighted by atomic mass is 16.3. The first-order chi connectivity index (χ1) is 10.1. The molecule has 0 saturated carbocycles. The predicted octanol–water partition coefficient (Wildman–Crippen LogP) is 0.468. The molecule has 0 aliphatic rings. The van der Waals surface area contributed by atoms with E-state index >= 15 is 0 Å². The van der Waals surface area contributed by atoms with Crippen LogP contribution in [0.1, 0.15) is 22.3 Å². The molecule has 0 fully saturated rings. The van der Waals surface area contributed by atoms with Crippen LogP contribution < -0.4 is 11.1 Å². The van der Waals surface area contributed by atoms with Crippen LogP contribution in [-0.2, 0) is 6.54 Å². The number of nitrogens with zero attached hydrogens (tertiary/aromatic N) is 3. The minimum Gasteiger partial charge on any atom is -0.468 e. The Bertz CT molecular complexity index is 562. The summed E-state index contributed by atoms with van der Waals surface area (Å²) >= 11 is 0. The van der Waals surface area contributed by atoms with Crippen molar-refractivity contribution >= 4 is 5.91 Å². The standard InChI is InChI=1S/C14H21N5O2/c1-18(2)12(13-4-3-7-21-13)8-16-14(20)11-9-19(6-5-15)10-17-11/h3-4,7,9-10,12H,5-6,8,15H2,1-2H3,(H,16,20). The molecule has 0 aliphatic heterocycles. The van der Waals surface area contributed by atoms with Crippen molar-refractivity contribution in [2.75, 3.05) is 27.2 Å². The highest BCUT2D eigenvalue weighted by Crippen LogP contribution is 2.17. The number of hydrogen-bond donors (Lipinski definition) is 2. The zero-order valence-electron chi connectivity index (χ0n) is 12.3. The van der Waals surface area contributed by atoms with E-state index in [2.05, 4.69) is 10.3 Å². The molecule has 2 heterocycles. The number of carbonyl (C=O) groups excluding carboxylic acids is 1. The first kappa shape index (κ1) is 15.3. The van der Waals surface area contributed by atoms with Crippen LogP contribution in [0.5, 0.6) is 0 Å². The molecule has 2 aromatic heterocycles. The first-order valence-corrected chi connectivity index (χ1v) is 6.81.